The minimum atomic E-state index is -0.0793. The van der Waals surface area contributed by atoms with Gasteiger partial charge in [-0.2, -0.15) is 15.0 Å². The number of nitrogens with zero attached hydrogens (tertiary/aromatic N) is 5. The number of carbonyl (C=O) groups excluding carboxylic acids is 1. The fourth-order valence-corrected chi connectivity index (χ4v) is 2.45. The van der Waals surface area contributed by atoms with Crippen LogP contribution in [-0.4, -0.2) is 66.2 Å². The Bertz CT molecular complexity index is 748. The molecular weight excluding hydrogens is 346 g/mol. The molecule has 2 aromatic rings. The summed E-state index contributed by atoms with van der Waals surface area (Å²) < 4.78 is 11.0. The summed E-state index contributed by atoms with van der Waals surface area (Å²) in [6.07, 6.45) is 0. The number of rotatable bonds is 4. The molecule has 1 aliphatic rings. The normalized spacial score (nSPS) is 14.3. The maximum absolute atomic E-state index is 11.9. The van der Waals surface area contributed by atoms with E-state index < -0.39 is 0 Å². The van der Waals surface area contributed by atoms with Crippen molar-refractivity contribution in [1.29, 1.82) is 0 Å². The lowest BCUT2D eigenvalue weighted by molar-refractivity contribution is 0.0827. The minimum absolute atomic E-state index is 0.0610. The predicted octanol–water partition coefficient (Wildman–Crippen LogP) is 1.86. The molecule has 1 aromatic heterocycles. The van der Waals surface area contributed by atoms with Gasteiger partial charge >= 0.3 is 6.01 Å². The molecule has 0 spiro atoms. The molecule has 0 unspecified atom stereocenters. The molecule has 0 N–H and O–H groups in total. The van der Waals surface area contributed by atoms with Gasteiger partial charge in [-0.25, -0.2) is 0 Å². The van der Waals surface area contributed by atoms with E-state index in [1.54, 1.807) is 38.4 Å². The quantitative estimate of drug-likeness (QED) is 0.820. The van der Waals surface area contributed by atoms with Crippen molar-refractivity contribution < 1.29 is 14.3 Å². The third-order valence-corrected chi connectivity index (χ3v) is 3.76. The number of hydrogen-bond donors (Lipinski definition) is 0. The molecule has 1 amide bonds. The van der Waals surface area contributed by atoms with Crippen molar-refractivity contribution in [2.24, 2.45) is 0 Å². The highest BCUT2D eigenvalue weighted by Crippen LogP contribution is 2.22. The van der Waals surface area contributed by atoms with Gasteiger partial charge < -0.3 is 19.3 Å². The Hall–Kier alpha value is -2.45. The lowest BCUT2D eigenvalue weighted by atomic mass is 10.2. The van der Waals surface area contributed by atoms with E-state index in [1.807, 2.05) is 4.90 Å². The summed E-state index contributed by atoms with van der Waals surface area (Å²) >= 11 is 5.99. The second-order valence-electron chi connectivity index (χ2n) is 5.61. The van der Waals surface area contributed by atoms with Crippen LogP contribution in [0.15, 0.2) is 24.3 Å². The second-order valence-corrected chi connectivity index (χ2v) is 5.95. The highest BCUT2D eigenvalue weighted by atomic mass is 35.5. The number of ether oxygens (including phenoxy) is 2. The standard InChI is InChI=1S/C16H18ClN5O3/c1-21(2)13(23)11-3-5-12(6-4-11)25-16-19-14(17)18-15(20-16)22-7-9-24-10-8-22/h3-6H,7-10H2,1-2H3. The molecule has 0 radical (unpaired) electrons. The van der Waals surface area contributed by atoms with Gasteiger partial charge in [-0.3, -0.25) is 4.79 Å². The third-order valence-electron chi connectivity index (χ3n) is 3.59. The first kappa shape index (κ1) is 17.4. The van der Waals surface area contributed by atoms with Crippen LogP contribution in [-0.2, 0) is 4.74 Å². The van der Waals surface area contributed by atoms with E-state index >= 15 is 0 Å². The molecule has 1 aliphatic heterocycles. The largest absolute Gasteiger partial charge is 0.424 e. The molecule has 2 heterocycles. The summed E-state index contributed by atoms with van der Waals surface area (Å²) in [4.78, 5) is 27.8. The van der Waals surface area contributed by atoms with Gasteiger partial charge in [-0.05, 0) is 35.9 Å². The molecule has 3 rings (SSSR count). The summed E-state index contributed by atoms with van der Waals surface area (Å²) in [5, 5.41) is 0.0610. The highest BCUT2D eigenvalue weighted by Gasteiger charge is 2.17. The first-order valence-corrected chi connectivity index (χ1v) is 8.14. The molecule has 0 atom stereocenters. The first-order valence-electron chi connectivity index (χ1n) is 7.77. The van der Waals surface area contributed by atoms with Gasteiger partial charge in [0, 0.05) is 32.7 Å². The van der Waals surface area contributed by atoms with E-state index in [2.05, 4.69) is 15.0 Å². The van der Waals surface area contributed by atoms with Crippen LogP contribution in [0.2, 0.25) is 5.28 Å². The fourth-order valence-electron chi connectivity index (χ4n) is 2.30. The molecule has 132 valence electrons. The number of benzene rings is 1. The molecule has 0 saturated carbocycles. The van der Waals surface area contributed by atoms with Gasteiger partial charge in [0.2, 0.25) is 11.2 Å². The van der Waals surface area contributed by atoms with E-state index in [0.717, 1.165) is 0 Å². The zero-order valence-electron chi connectivity index (χ0n) is 14.0. The van der Waals surface area contributed by atoms with Gasteiger partial charge in [0.15, 0.2) is 0 Å². The van der Waals surface area contributed by atoms with E-state index in [9.17, 15) is 4.79 Å². The summed E-state index contributed by atoms with van der Waals surface area (Å²) in [7, 11) is 3.40. The van der Waals surface area contributed by atoms with Gasteiger partial charge in [-0.1, -0.05) is 0 Å². The van der Waals surface area contributed by atoms with Crippen molar-refractivity contribution in [3.8, 4) is 11.8 Å². The van der Waals surface area contributed by atoms with Crippen LogP contribution in [0.25, 0.3) is 0 Å². The zero-order valence-corrected chi connectivity index (χ0v) is 14.7. The van der Waals surface area contributed by atoms with Crippen LogP contribution in [0.3, 0.4) is 0 Å². The number of aromatic nitrogens is 3. The minimum Gasteiger partial charge on any atom is -0.424 e. The van der Waals surface area contributed by atoms with E-state index in [1.165, 1.54) is 4.90 Å². The van der Waals surface area contributed by atoms with Gasteiger partial charge in [0.25, 0.3) is 5.91 Å². The van der Waals surface area contributed by atoms with Crippen molar-refractivity contribution in [3.63, 3.8) is 0 Å². The van der Waals surface area contributed by atoms with Crippen LogP contribution in [0.5, 0.6) is 11.8 Å². The smallest absolute Gasteiger partial charge is 0.328 e. The lowest BCUT2D eigenvalue weighted by Gasteiger charge is -2.26. The number of halogens is 1. The average molecular weight is 364 g/mol. The molecule has 0 aliphatic carbocycles. The molecule has 9 heteroatoms. The third kappa shape index (κ3) is 4.34. The molecule has 1 fully saturated rings. The van der Waals surface area contributed by atoms with Crippen LogP contribution >= 0.6 is 11.6 Å². The number of carbonyl (C=O) groups is 1. The maximum Gasteiger partial charge on any atom is 0.328 e. The molecular formula is C16H18ClN5O3. The average Bonchev–Trinajstić information content (AvgIpc) is 2.62. The van der Waals surface area contributed by atoms with Crippen molar-refractivity contribution in [2.75, 3.05) is 45.3 Å². The Morgan fingerprint density at radius 1 is 1.16 bits per heavy atom. The van der Waals surface area contributed by atoms with E-state index in [4.69, 9.17) is 21.1 Å². The summed E-state index contributed by atoms with van der Waals surface area (Å²) in [6, 6.07) is 6.84. The topological polar surface area (TPSA) is 80.7 Å². The zero-order chi connectivity index (χ0) is 17.8. The van der Waals surface area contributed by atoms with Crippen LogP contribution in [0, 0.1) is 0 Å². The Labute approximate surface area is 150 Å². The van der Waals surface area contributed by atoms with Crippen molar-refractivity contribution in [3.05, 3.63) is 35.1 Å². The maximum atomic E-state index is 11.9. The highest BCUT2D eigenvalue weighted by molar-refractivity contribution is 6.28. The molecule has 1 saturated heterocycles. The molecule has 25 heavy (non-hydrogen) atoms. The summed E-state index contributed by atoms with van der Waals surface area (Å²) in [5.41, 5.74) is 0.569. The first-order chi connectivity index (χ1) is 12.0. The number of anilines is 1. The summed E-state index contributed by atoms with van der Waals surface area (Å²) in [5.74, 6) is 0.882. The van der Waals surface area contributed by atoms with Gasteiger partial charge in [0.05, 0.1) is 13.2 Å². The Kier molecular flexibility index (Phi) is 5.30. The fraction of sp³-hybridized carbons (Fsp3) is 0.375. The Morgan fingerprint density at radius 3 is 2.48 bits per heavy atom. The van der Waals surface area contributed by atoms with Crippen molar-refractivity contribution in [1.82, 2.24) is 19.9 Å². The van der Waals surface area contributed by atoms with Crippen molar-refractivity contribution in [2.45, 2.75) is 0 Å². The Morgan fingerprint density at radius 2 is 1.84 bits per heavy atom. The number of hydrogen-bond acceptors (Lipinski definition) is 7. The van der Waals surface area contributed by atoms with Gasteiger partial charge in [0.1, 0.15) is 5.75 Å². The lowest BCUT2D eigenvalue weighted by Crippen LogP contribution is -2.37. The number of morpholine rings is 1. The number of amides is 1. The SMILES string of the molecule is CN(C)C(=O)c1ccc(Oc2nc(Cl)nc(N3CCOCC3)n2)cc1. The monoisotopic (exact) mass is 363 g/mol. The van der Waals surface area contributed by atoms with Crippen molar-refractivity contribution >= 4 is 23.5 Å². The van der Waals surface area contributed by atoms with Crippen LogP contribution in [0.4, 0.5) is 5.95 Å². The van der Waals surface area contributed by atoms with E-state index in [0.29, 0.717) is 43.6 Å². The molecule has 8 nitrogen and oxygen atoms in total. The van der Waals surface area contributed by atoms with E-state index in [-0.39, 0.29) is 17.2 Å². The molecule has 1 aromatic carbocycles. The Balaban J connectivity index is 1.76. The van der Waals surface area contributed by atoms with Crippen LogP contribution in [0.1, 0.15) is 10.4 Å². The summed E-state index contributed by atoms with van der Waals surface area (Å²) in [6.45, 7) is 2.59. The molecule has 0 bridgehead atoms. The van der Waals surface area contributed by atoms with Crippen LogP contribution < -0.4 is 9.64 Å². The predicted molar refractivity (Wildman–Crippen MR) is 92.4 cm³/mol. The second kappa shape index (κ2) is 7.62. The van der Waals surface area contributed by atoms with Gasteiger partial charge in [-0.15, -0.1) is 0 Å².